The number of carbonyl (C=O) groups is 1. The Labute approximate surface area is 277 Å². The van der Waals surface area contributed by atoms with Crippen molar-refractivity contribution in [2.24, 2.45) is 0 Å². The lowest BCUT2D eigenvalue weighted by Crippen LogP contribution is -2.29. The van der Waals surface area contributed by atoms with Crippen LogP contribution in [0.25, 0.3) is 11.0 Å². The van der Waals surface area contributed by atoms with Gasteiger partial charge in [-0.05, 0) is 32.2 Å². The second-order valence-corrected chi connectivity index (χ2v) is 12.7. The van der Waals surface area contributed by atoms with E-state index in [9.17, 15) is 18.4 Å². The Morgan fingerprint density at radius 2 is 1.96 bits per heavy atom. The lowest BCUT2D eigenvalue weighted by molar-refractivity contribution is 0.0244. The number of aromatic amines is 2. The van der Waals surface area contributed by atoms with Crippen LogP contribution in [-0.4, -0.2) is 86.5 Å². The van der Waals surface area contributed by atoms with Crippen LogP contribution in [0.5, 0.6) is 6.01 Å². The SMILES string of the molecule is CNC(=O)c1nn2c(c1Cl)CN(c1nc(OC)nc3c1COC(c1c(F)cc(F)c4[nH]c(=O)[nH]c14)C3)CCC2.FC1CC2CCCN2C1. The van der Waals surface area contributed by atoms with Gasteiger partial charge in [-0.2, -0.15) is 15.1 Å². The number of nitrogens with one attached hydrogen (secondary N) is 3. The van der Waals surface area contributed by atoms with Crippen LogP contribution in [0.4, 0.5) is 19.0 Å². The van der Waals surface area contributed by atoms with Crippen LogP contribution in [0.1, 0.15) is 64.8 Å². The maximum Gasteiger partial charge on any atom is 0.323 e. The maximum atomic E-state index is 15.0. The molecule has 4 aromatic rings. The molecule has 4 aliphatic heterocycles. The smallest absolute Gasteiger partial charge is 0.323 e. The van der Waals surface area contributed by atoms with Gasteiger partial charge in [-0.15, -0.1) is 0 Å². The van der Waals surface area contributed by atoms with E-state index in [2.05, 4.69) is 35.3 Å². The van der Waals surface area contributed by atoms with Crippen LogP contribution in [0.3, 0.4) is 0 Å². The third-order valence-corrected chi connectivity index (χ3v) is 9.84. The normalized spacial score (nSPS) is 22.0. The molecule has 0 spiro atoms. The number of H-pyrrole nitrogens is 2. The summed E-state index contributed by atoms with van der Waals surface area (Å²) in [6, 6.07) is 1.45. The second kappa shape index (κ2) is 13.0. The zero-order valence-corrected chi connectivity index (χ0v) is 27.2. The molecule has 1 amide bonds. The van der Waals surface area contributed by atoms with Crippen LogP contribution >= 0.6 is 11.6 Å². The zero-order chi connectivity index (χ0) is 33.7. The van der Waals surface area contributed by atoms with Crippen molar-refractivity contribution in [3.05, 3.63) is 61.4 Å². The third kappa shape index (κ3) is 5.89. The van der Waals surface area contributed by atoms with Gasteiger partial charge < -0.3 is 29.7 Å². The summed E-state index contributed by atoms with van der Waals surface area (Å²) < 4.78 is 55.1. The number of carbonyl (C=O) groups excluding carboxylic acids is 1. The number of nitrogens with zero attached hydrogens (tertiary/aromatic N) is 6. The van der Waals surface area contributed by atoms with E-state index in [0.29, 0.717) is 61.4 Å². The highest BCUT2D eigenvalue weighted by Gasteiger charge is 2.35. The Morgan fingerprint density at radius 3 is 2.73 bits per heavy atom. The second-order valence-electron chi connectivity index (χ2n) is 12.4. The molecule has 8 rings (SSSR count). The predicted octanol–water partition coefficient (Wildman–Crippen LogP) is 3.56. The Balaban J connectivity index is 0.000000347. The van der Waals surface area contributed by atoms with E-state index in [-0.39, 0.29) is 52.3 Å². The first-order valence-electron chi connectivity index (χ1n) is 15.9. The summed E-state index contributed by atoms with van der Waals surface area (Å²) in [7, 11) is 2.96. The van der Waals surface area contributed by atoms with E-state index in [0.717, 1.165) is 19.0 Å². The average Bonchev–Trinajstić information content (AvgIpc) is 3.80. The van der Waals surface area contributed by atoms with E-state index < -0.39 is 29.6 Å². The Morgan fingerprint density at radius 1 is 1.15 bits per heavy atom. The molecule has 2 saturated heterocycles. The van der Waals surface area contributed by atoms with Gasteiger partial charge in [0.15, 0.2) is 11.5 Å². The summed E-state index contributed by atoms with van der Waals surface area (Å²) in [5.74, 6) is -1.54. The van der Waals surface area contributed by atoms with Crippen molar-refractivity contribution in [2.75, 3.05) is 38.7 Å². The van der Waals surface area contributed by atoms with Crippen molar-refractivity contribution in [1.82, 2.24) is 39.9 Å². The lowest BCUT2D eigenvalue weighted by Gasteiger charge is -2.30. The van der Waals surface area contributed by atoms with Crippen molar-refractivity contribution in [3.63, 3.8) is 0 Å². The Hall–Kier alpha value is -4.15. The van der Waals surface area contributed by atoms with Gasteiger partial charge in [-0.1, -0.05) is 11.6 Å². The number of anilines is 1. The number of rotatable bonds is 4. The highest BCUT2D eigenvalue weighted by Crippen LogP contribution is 2.39. The number of aryl methyl sites for hydroxylation is 1. The van der Waals surface area contributed by atoms with Gasteiger partial charge in [0.1, 0.15) is 23.3 Å². The van der Waals surface area contributed by atoms with E-state index in [1.807, 2.05) is 4.90 Å². The summed E-state index contributed by atoms with van der Waals surface area (Å²) >= 11 is 6.56. The lowest BCUT2D eigenvalue weighted by atomic mass is 9.97. The molecule has 2 fully saturated rings. The highest BCUT2D eigenvalue weighted by molar-refractivity contribution is 6.34. The molecule has 256 valence electrons. The molecule has 1 aromatic carbocycles. The predicted molar refractivity (Wildman–Crippen MR) is 169 cm³/mol. The number of imidazole rings is 1. The number of methoxy groups -OCH3 is 1. The molecule has 3 atom stereocenters. The standard InChI is InChI=1S/C24H23ClF2N8O4.C7H12FN/c1-28-22(36)20-17(25)14-8-34(4-3-5-35(14)33-20)21-10-9-39-15(7-13(10)29-24(32-21)38-2)16-11(26)6-12(27)18-19(16)31-23(37)30-18;8-6-4-7-2-1-3-9(7)5-6/h6,15H,3-5,7-9H2,1-2H3,(H,28,36)(H2,30,31,37);6-7H,1-5H2. The number of hydrogen-bond donors (Lipinski definition) is 3. The Bertz CT molecular complexity index is 1920. The third-order valence-electron chi connectivity index (χ3n) is 9.44. The average molecular weight is 690 g/mol. The van der Waals surface area contributed by atoms with Gasteiger partial charge in [0, 0.05) is 56.3 Å². The molecule has 0 radical (unpaired) electrons. The van der Waals surface area contributed by atoms with Crippen molar-refractivity contribution >= 4 is 34.4 Å². The molecule has 17 heteroatoms. The number of halogens is 4. The molecule has 4 aliphatic rings. The number of aromatic nitrogens is 6. The van der Waals surface area contributed by atoms with Gasteiger partial charge >= 0.3 is 11.7 Å². The van der Waals surface area contributed by atoms with Crippen molar-refractivity contribution in [2.45, 2.75) is 70.1 Å². The number of ether oxygens (including phenoxy) is 2. The van der Waals surface area contributed by atoms with E-state index in [1.54, 1.807) is 4.68 Å². The summed E-state index contributed by atoms with van der Waals surface area (Å²) in [5.41, 5.74) is 1.33. The minimum atomic E-state index is -0.884. The fraction of sp³-hybridized carbons (Fsp3) is 0.516. The van der Waals surface area contributed by atoms with Crippen molar-refractivity contribution in [1.29, 1.82) is 0 Å². The summed E-state index contributed by atoms with van der Waals surface area (Å²) in [5, 5.41) is 7.20. The maximum absolute atomic E-state index is 15.0. The zero-order valence-electron chi connectivity index (χ0n) is 26.4. The van der Waals surface area contributed by atoms with E-state index in [1.165, 1.54) is 27.0 Å². The van der Waals surface area contributed by atoms with Crippen LogP contribution in [0.2, 0.25) is 5.02 Å². The fourth-order valence-electron chi connectivity index (χ4n) is 7.18. The minimum absolute atomic E-state index is 0.00883. The molecule has 7 heterocycles. The first-order valence-corrected chi connectivity index (χ1v) is 16.3. The molecule has 3 N–H and O–H groups in total. The fourth-order valence-corrected chi connectivity index (χ4v) is 7.46. The van der Waals surface area contributed by atoms with Gasteiger partial charge in [0.25, 0.3) is 5.91 Å². The first-order chi connectivity index (χ1) is 23.1. The van der Waals surface area contributed by atoms with Crippen molar-refractivity contribution in [3.8, 4) is 6.01 Å². The molecule has 13 nitrogen and oxygen atoms in total. The number of hydrogen-bond acceptors (Lipinski definition) is 9. The molecule has 0 saturated carbocycles. The summed E-state index contributed by atoms with van der Waals surface area (Å²) in [6.45, 7) is 3.36. The number of amides is 1. The Kier molecular flexibility index (Phi) is 8.81. The van der Waals surface area contributed by atoms with Gasteiger partial charge in [0.2, 0.25) is 0 Å². The summed E-state index contributed by atoms with van der Waals surface area (Å²) in [4.78, 5) is 42.3. The molecule has 0 bridgehead atoms. The molecule has 3 aromatic heterocycles. The molecule has 3 unspecified atom stereocenters. The number of benzene rings is 1. The van der Waals surface area contributed by atoms with Crippen LogP contribution in [-0.2, 0) is 30.9 Å². The molecule has 0 aliphatic carbocycles. The molecular formula is C31H35ClF3N9O4. The molecule has 48 heavy (non-hydrogen) atoms. The van der Waals surface area contributed by atoms with Crippen LogP contribution in [0, 0.1) is 11.6 Å². The quantitative estimate of drug-likeness (QED) is 0.293. The first kappa shape index (κ1) is 32.4. The van der Waals surface area contributed by atoms with E-state index in [4.69, 9.17) is 21.1 Å². The number of alkyl halides is 1. The summed E-state index contributed by atoms with van der Waals surface area (Å²) in [6.07, 6.45) is 2.78. The van der Waals surface area contributed by atoms with Crippen LogP contribution < -0.4 is 20.6 Å². The van der Waals surface area contributed by atoms with Crippen molar-refractivity contribution < 1.29 is 27.4 Å². The number of fused-ring (bicyclic) bond motifs is 4. The topological polar surface area (TPSA) is 146 Å². The van der Waals surface area contributed by atoms with Crippen LogP contribution in [0.15, 0.2) is 10.9 Å². The van der Waals surface area contributed by atoms with Gasteiger partial charge in [0.05, 0.1) is 48.3 Å². The van der Waals surface area contributed by atoms with Gasteiger partial charge in [-0.3, -0.25) is 14.4 Å². The van der Waals surface area contributed by atoms with E-state index >= 15 is 4.39 Å². The van der Waals surface area contributed by atoms with Gasteiger partial charge in [-0.25, -0.2) is 18.0 Å². The largest absolute Gasteiger partial charge is 0.467 e. The minimum Gasteiger partial charge on any atom is -0.467 e. The molecular weight excluding hydrogens is 655 g/mol. The highest BCUT2D eigenvalue weighted by atomic mass is 35.5. The monoisotopic (exact) mass is 689 g/mol.